The fourth-order valence-electron chi connectivity index (χ4n) is 5.27. The van der Waals surface area contributed by atoms with Crippen molar-refractivity contribution in [2.24, 2.45) is 0 Å². The Hall–Kier alpha value is -2.32. The number of amides is 1. The van der Waals surface area contributed by atoms with E-state index in [0.29, 0.717) is 19.3 Å². The van der Waals surface area contributed by atoms with E-state index in [1.54, 1.807) is 0 Å². The van der Waals surface area contributed by atoms with Crippen molar-refractivity contribution in [3.63, 3.8) is 0 Å². The normalized spacial score (nSPS) is 25.7. The van der Waals surface area contributed by atoms with Gasteiger partial charge in [0.15, 0.2) is 8.32 Å². The molecular weight excluding hydrogens is 436 g/mol. The lowest BCUT2D eigenvalue weighted by Crippen LogP contribution is -2.45. The maximum atomic E-state index is 12.1. The molecule has 0 aliphatic carbocycles. The summed E-state index contributed by atoms with van der Waals surface area (Å²) in [5.74, 6) is -1.02. The van der Waals surface area contributed by atoms with Gasteiger partial charge < -0.3 is 19.5 Å². The Morgan fingerprint density at radius 3 is 2.30 bits per heavy atom. The molecule has 0 unspecified atom stereocenters. The van der Waals surface area contributed by atoms with E-state index < -0.39 is 26.4 Å². The SMILES string of the molecule is CC(C)(C)[Si](C)(C)O[C@H]1CCN(c2ccc(C3=C(C(=O)O)[C@H]4CC[C@@H](C3)N4C(=O)O)cc2)C1. The van der Waals surface area contributed by atoms with Crippen molar-refractivity contribution in [1.82, 2.24) is 4.90 Å². The van der Waals surface area contributed by atoms with Crippen LogP contribution < -0.4 is 4.90 Å². The van der Waals surface area contributed by atoms with Crippen LogP contribution in [0.1, 0.15) is 52.0 Å². The molecular formula is C25H36N2O5Si. The minimum absolute atomic E-state index is 0.142. The number of carboxylic acids is 1. The Bertz CT molecular complexity index is 966. The Balaban J connectivity index is 1.51. The molecule has 180 valence electrons. The summed E-state index contributed by atoms with van der Waals surface area (Å²) in [4.78, 5) is 27.5. The predicted molar refractivity (Wildman–Crippen MR) is 131 cm³/mol. The van der Waals surface area contributed by atoms with Crippen LogP contribution in [-0.2, 0) is 9.22 Å². The molecule has 3 aliphatic heterocycles. The summed E-state index contributed by atoms with van der Waals surface area (Å²) in [5.41, 5.74) is 3.01. The zero-order valence-corrected chi connectivity index (χ0v) is 21.3. The average molecular weight is 473 g/mol. The molecule has 7 nitrogen and oxygen atoms in total. The van der Waals surface area contributed by atoms with Crippen LogP contribution in [0.3, 0.4) is 0 Å². The second-order valence-electron chi connectivity index (χ2n) is 11.1. The van der Waals surface area contributed by atoms with Crippen molar-refractivity contribution in [2.75, 3.05) is 18.0 Å². The highest BCUT2D eigenvalue weighted by Gasteiger charge is 2.46. The molecule has 4 rings (SSSR count). The zero-order valence-electron chi connectivity index (χ0n) is 20.3. The topological polar surface area (TPSA) is 90.3 Å². The number of nitrogens with zero attached hydrogens (tertiary/aromatic N) is 2. The van der Waals surface area contributed by atoms with E-state index in [1.807, 2.05) is 12.1 Å². The zero-order chi connectivity index (χ0) is 24.1. The van der Waals surface area contributed by atoms with Gasteiger partial charge in [0.25, 0.3) is 0 Å². The van der Waals surface area contributed by atoms with Gasteiger partial charge in [0.1, 0.15) is 0 Å². The summed E-state index contributed by atoms with van der Waals surface area (Å²) in [7, 11) is -1.81. The van der Waals surface area contributed by atoms with Crippen LogP contribution >= 0.6 is 0 Å². The molecule has 0 radical (unpaired) electrons. The number of aliphatic carboxylic acids is 1. The van der Waals surface area contributed by atoms with Crippen LogP contribution in [0.15, 0.2) is 29.8 Å². The number of carbonyl (C=O) groups is 2. The van der Waals surface area contributed by atoms with Crippen molar-refractivity contribution in [1.29, 1.82) is 0 Å². The molecule has 2 bridgehead atoms. The molecule has 3 atom stereocenters. The second kappa shape index (κ2) is 8.47. The summed E-state index contributed by atoms with van der Waals surface area (Å²) >= 11 is 0. The van der Waals surface area contributed by atoms with Gasteiger partial charge in [-0.05, 0) is 67.1 Å². The highest BCUT2D eigenvalue weighted by atomic mass is 28.4. The molecule has 2 N–H and O–H groups in total. The van der Waals surface area contributed by atoms with Crippen LogP contribution in [0.4, 0.5) is 10.5 Å². The highest BCUT2D eigenvalue weighted by Crippen LogP contribution is 2.43. The molecule has 33 heavy (non-hydrogen) atoms. The Kier molecular flexibility index (Phi) is 6.11. The molecule has 0 aromatic heterocycles. The number of hydrogen-bond acceptors (Lipinski definition) is 4. The van der Waals surface area contributed by atoms with Gasteiger partial charge in [-0.15, -0.1) is 0 Å². The van der Waals surface area contributed by atoms with E-state index in [4.69, 9.17) is 4.43 Å². The van der Waals surface area contributed by atoms with E-state index in [-0.39, 0.29) is 22.8 Å². The number of hydrogen-bond donors (Lipinski definition) is 2. The van der Waals surface area contributed by atoms with Crippen molar-refractivity contribution in [2.45, 2.75) is 82.8 Å². The standard InChI is InChI=1S/C25H36N2O5Si/c1-25(2,3)33(4,5)32-19-12-13-26(15-19)17-8-6-16(7-9-17)20-14-18-10-11-21(22(20)23(28)29)27(18)24(30)31/h6-9,18-19,21H,10-15H2,1-5H3,(H,28,29)(H,30,31)/t18-,19-,21+/m0/s1. The van der Waals surface area contributed by atoms with E-state index >= 15 is 0 Å². The Morgan fingerprint density at radius 1 is 1.06 bits per heavy atom. The van der Waals surface area contributed by atoms with E-state index in [9.17, 15) is 19.8 Å². The third-order valence-corrected chi connectivity index (χ3v) is 12.6. The van der Waals surface area contributed by atoms with Crippen molar-refractivity contribution in [3.8, 4) is 0 Å². The lowest BCUT2D eigenvalue weighted by Gasteiger charge is -2.38. The van der Waals surface area contributed by atoms with Crippen LogP contribution in [0.2, 0.25) is 18.1 Å². The van der Waals surface area contributed by atoms with Crippen LogP contribution in [0.25, 0.3) is 5.57 Å². The number of rotatable bonds is 5. The fourth-order valence-corrected chi connectivity index (χ4v) is 6.65. The Labute approximate surface area is 197 Å². The molecule has 2 fully saturated rings. The van der Waals surface area contributed by atoms with Gasteiger partial charge in [0.2, 0.25) is 0 Å². The molecule has 1 aromatic rings. The first kappa shape index (κ1) is 23.8. The molecule has 3 heterocycles. The number of benzene rings is 1. The first-order chi connectivity index (χ1) is 15.4. The summed E-state index contributed by atoms with van der Waals surface area (Å²) in [6, 6.07) is 7.40. The monoisotopic (exact) mass is 472 g/mol. The fraction of sp³-hybridized carbons (Fsp3) is 0.600. The van der Waals surface area contributed by atoms with Crippen LogP contribution in [0, 0.1) is 0 Å². The lowest BCUT2D eigenvalue weighted by atomic mass is 9.88. The van der Waals surface area contributed by atoms with Gasteiger partial charge in [0.05, 0.1) is 17.7 Å². The van der Waals surface area contributed by atoms with Crippen molar-refractivity contribution < 1.29 is 24.2 Å². The van der Waals surface area contributed by atoms with Gasteiger partial charge in [-0.2, -0.15) is 0 Å². The van der Waals surface area contributed by atoms with Gasteiger partial charge in [-0.1, -0.05) is 32.9 Å². The largest absolute Gasteiger partial charge is 0.478 e. The maximum Gasteiger partial charge on any atom is 0.408 e. The van der Waals surface area contributed by atoms with Crippen LogP contribution in [-0.4, -0.2) is 66.8 Å². The van der Waals surface area contributed by atoms with Gasteiger partial charge in [0, 0.05) is 24.8 Å². The van der Waals surface area contributed by atoms with Gasteiger partial charge in [-0.25, -0.2) is 9.59 Å². The second-order valence-corrected chi connectivity index (χ2v) is 15.9. The molecule has 2 saturated heterocycles. The molecule has 1 aromatic carbocycles. The van der Waals surface area contributed by atoms with Crippen LogP contribution in [0.5, 0.6) is 0 Å². The number of anilines is 1. The summed E-state index contributed by atoms with van der Waals surface area (Å²) in [5, 5.41) is 19.7. The lowest BCUT2D eigenvalue weighted by molar-refractivity contribution is -0.133. The van der Waals surface area contributed by atoms with Crippen molar-refractivity contribution in [3.05, 3.63) is 35.4 Å². The highest BCUT2D eigenvalue weighted by molar-refractivity contribution is 6.74. The minimum Gasteiger partial charge on any atom is -0.478 e. The van der Waals surface area contributed by atoms with Gasteiger partial charge >= 0.3 is 12.1 Å². The predicted octanol–water partition coefficient (Wildman–Crippen LogP) is 5.04. The third kappa shape index (κ3) is 4.42. The first-order valence-corrected chi connectivity index (χ1v) is 14.8. The smallest absolute Gasteiger partial charge is 0.408 e. The number of fused-ring (bicyclic) bond motifs is 2. The molecule has 8 heteroatoms. The number of carboxylic acid groups (broad SMARTS) is 2. The van der Waals surface area contributed by atoms with E-state index in [1.165, 1.54) is 4.90 Å². The molecule has 1 amide bonds. The maximum absolute atomic E-state index is 12.1. The first-order valence-electron chi connectivity index (χ1n) is 11.9. The third-order valence-electron chi connectivity index (χ3n) is 8.05. The quantitative estimate of drug-likeness (QED) is 0.584. The summed E-state index contributed by atoms with van der Waals surface area (Å²) in [6.07, 6.45) is 1.96. The Morgan fingerprint density at radius 2 is 1.73 bits per heavy atom. The van der Waals surface area contributed by atoms with E-state index in [0.717, 1.165) is 36.3 Å². The molecule has 0 saturated carbocycles. The minimum atomic E-state index is -1.81. The summed E-state index contributed by atoms with van der Waals surface area (Å²) < 4.78 is 6.61. The van der Waals surface area contributed by atoms with Gasteiger partial charge in [-0.3, -0.25) is 4.90 Å². The van der Waals surface area contributed by atoms with Crippen molar-refractivity contribution >= 4 is 31.6 Å². The van der Waals surface area contributed by atoms with E-state index in [2.05, 4.69) is 50.9 Å². The molecule has 3 aliphatic rings. The average Bonchev–Trinajstić information content (AvgIpc) is 3.29. The molecule has 0 spiro atoms. The summed E-state index contributed by atoms with van der Waals surface area (Å²) in [6.45, 7) is 13.2.